The summed E-state index contributed by atoms with van der Waals surface area (Å²) in [6.45, 7) is 2.20. The number of carbonyl (C=O) groups is 1. The molecule has 3 atom stereocenters. The Morgan fingerprint density at radius 2 is 1.68 bits per heavy atom. The first-order chi connectivity index (χ1) is 13.6. The van der Waals surface area contributed by atoms with Crippen molar-refractivity contribution in [1.82, 2.24) is 0 Å². The van der Waals surface area contributed by atoms with E-state index in [0.29, 0.717) is 5.75 Å². The summed E-state index contributed by atoms with van der Waals surface area (Å²) >= 11 is 0. The molecule has 28 heavy (non-hydrogen) atoms. The first-order valence-electron chi connectivity index (χ1n) is 9.50. The number of nitrogens with zero attached hydrogens (tertiary/aromatic N) is 1. The summed E-state index contributed by atoms with van der Waals surface area (Å²) in [5.74, 6) is 0.919. The Kier molecular flexibility index (Phi) is 3.69. The molecule has 2 aliphatic heterocycles. The molecule has 3 aromatic carbocycles. The minimum absolute atomic E-state index is 0.0107. The van der Waals surface area contributed by atoms with Gasteiger partial charge in [-0.1, -0.05) is 49.4 Å². The van der Waals surface area contributed by atoms with Gasteiger partial charge in [0, 0.05) is 17.2 Å². The molecule has 1 amide bonds. The van der Waals surface area contributed by atoms with Gasteiger partial charge >= 0.3 is 0 Å². The number of ether oxygens (including phenoxy) is 1. The van der Waals surface area contributed by atoms with Crippen LogP contribution in [0.3, 0.4) is 0 Å². The number of hydrogen-bond acceptors (Lipinski definition) is 3. The lowest BCUT2D eigenvalue weighted by atomic mass is 9.73. The number of benzene rings is 3. The highest BCUT2D eigenvalue weighted by Gasteiger charge is 2.48. The van der Waals surface area contributed by atoms with E-state index >= 15 is 0 Å². The zero-order valence-corrected chi connectivity index (χ0v) is 15.8. The fraction of sp³-hybridized carbons (Fsp3) is 0.208. The van der Waals surface area contributed by atoms with Gasteiger partial charge < -0.3 is 14.7 Å². The second kappa shape index (κ2) is 6.13. The maximum absolute atomic E-state index is 13.2. The van der Waals surface area contributed by atoms with E-state index in [1.54, 1.807) is 13.2 Å². The first kappa shape index (κ1) is 16.9. The van der Waals surface area contributed by atoms with E-state index in [9.17, 15) is 9.90 Å². The molecular formula is C24H21NO3. The van der Waals surface area contributed by atoms with E-state index in [0.717, 1.165) is 27.9 Å². The number of phenolic OH excluding ortho intramolecular Hbond substituents is 1. The number of hydrogen-bond donors (Lipinski definition) is 1. The van der Waals surface area contributed by atoms with Crippen molar-refractivity contribution in [3.63, 3.8) is 0 Å². The SMILES string of the molecule is COc1cc(C2c3ccccc3N3C(=O)c4ccccc4C3C2C)ccc1O. The van der Waals surface area contributed by atoms with Crippen molar-refractivity contribution in [1.29, 1.82) is 0 Å². The van der Waals surface area contributed by atoms with E-state index in [1.807, 2.05) is 53.4 Å². The third-order valence-corrected chi connectivity index (χ3v) is 6.12. The highest BCUT2D eigenvalue weighted by atomic mass is 16.5. The lowest BCUT2D eigenvalue weighted by Gasteiger charge is -2.42. The lowest BCUT2D eigenvalue weighted by molar-refractivity contribution is 0.0981. The molecule has 0 saturated heterocycles. The molecule has 5 rings (SSSR count). The second-order valence-corrected chi connectivity index (χ2v) is 7.53. The summed E-state index contributed by atoms with van der Waals surface area (Å²) in [6.07, 6.45) is 0. The lowest BCUT2D eigenvalue weighted by Crippen LogP contribution is -2.39. The molecule has 2 heterocycles. The summed E-state index contributed by atoms with van der Waals surface area (Å²) in [7, 11) is 1.56. The summed E-state index contributed by atoms with van der Waals surface area (Å²) in [5, 5.41) is 10.0. The van der Waals surface area contributed by atoms with E-state index in [2.05, 4.69) is 19.1 Å². The molecule has 4 heteroatoms. The predicted molar refractivity (Wildman–Crippen MR) is 108 cm³/mol. The first-order valence-corrected chi connectivity index (χ1v) is 9.50. The summed E-state index contributed by atoms with van der Waals surface area (Å²) in [4.78, 5) is 15.2. The molecule has 3 unspecified atom stereocenters. The van der Waals surface area contributed by atoms with Crippen LogP contribution in [0.15, 0.2) is 66.7 Å². The summed E-state index contributed by atoms with van der Waals surface area (Å²) in [6, 6.07) is 21.6. The number of amides is 1. The fourth-order valence-corrected chi connectivity index (χ4v) is 4.93. The molecule has 0 aromatic heterocycles. The molecule has 0 fully saturated rings. The molecule has 0 spiro atoms. The largest absolute Gasteiger partial charge is 0.504 e. The number of fused-ring (bicyclic) bond motifs is 5. The highest BCUT2D eigenvalue weighted by molar-refractivity contribution is 6.12. The van der Waals surface area contributed by atoms with Gasteiger partial charge in [0.15, 0.2) is 11.5 Å². The molecule has 2 aliphatic rings. The van der Waals surface area contributed by atoms with Crippen molar-refractivity contribution >= 4 is 11.6 Å². The molecule has 0 saturated carbocycles. The average molecular weight is 371 g/mol. The molecule has 3 aromatic rings. The third-order valence-electron chi connectivity index (χ3n) is 6.12. The van der Waals surface area contributed by atoms with Gasteiger partial charge in [-0.15, -0.1) is 0 Å². The van der Waals surface area contributed by atoms with Crippen LogP contribution in [0.5, 0.6) is 11.5 Å². The Balaban J connectivity index is 1.73. The Morgan fingerprint density at radius 3 is 2.46 bits per heavy atom. The zero-order chi connectivity index (χ0) is 19.4. The topological polar surface area (TPSA) is 49.8 Å². The van der Waals surface area contributed by atoms with Crippen LogP contribution >= 0.6 is 0 Å². The van der Waals surface area contributed by atoms with Crippen LogP contribution in [-0.2, 0) is 0 Å². The molecule has 0 aliphatic carbocycles. The van der Waals surface area contributed by atoms with Crippen LogP contribution in [0.25, 0.3) is 0 Å². The number of aromatic hydroxyl groups is 1. The highest BCUT2D eigenvalue weighted by Crippen LogP contribution is 2.54. The van der Waals surface area contributed by atoms with E-state index in [1.165, 1.54) is 0 Å². The molecule has 0 bridgehead atoms. The smallest absolute Gasteiger partial charge is 0.259 e. The maximum atomic E-state index is 13.2. The van der Waals surface area contributed by atoms with Crippen LogP contribution in [-0.4, -0.2) is 18.1 Å². The van der Waals surface area contributed by atoms with Crippen LogP contribution in [0.1, 0.15) is 45.9 Å². The van der Waals surface area contributed by atoms with Crippen molar-refractivity contribution in [2.45, 2.75) is 18.9 Å². The van der Waals surface area contributed by atoms with E-state index < -0.39 is 0 Å². The molecular weight excluding hydrogens is 350 g/mol. The van der Waals surface area contributed by atoms with Crippen molar-refractivity contribution in [2.24, 2.45) is 5.92 Å². The molecule has 4 nitrogen and oxygen atoms in total. The fourth-order valence-electron chi connectivity index (χ4n) is 4.93. The van der Waals surface area contributed by atoms with Crippen LogP contribution in [0.4, 0.5) is 5.69 Å². The number of methoxy groups -OCH3 is 1. The minimum Gasteiger partial charge on any atom is -0.504 e. The number of rotatable bonds is 2. The van der Waals surface area contributed by atoms with Gasteiger partial charge in [0.2, 0.25) is 0 Å². The molecule has 1 N–H and O–H groups in total. The van der Waals surface area contributed by atoms with E-state index in [-0.39, 0.29) is 29.5 Å². The Bertz CT molecular complexity index is 1090. The van der Waals surface area contributed by atoms with Crippen molar-refractivity contribution in [2.75, 3.05) is 12.0 Å². The van der Waals surface area contributed by atoms with Gasteiger partial charge in [-0.2, -0.15) is 0 Å². The maximum Gasteiger partial charge on any atom is 0.259 e. The number of phenols is 1. The van der Waals surface area contributed by atoms with Gasteiger partial charge in [0.1, 0.15) is 0 Å². The monoisotopic (exact) mass is 371 g/mol. The van der Waals surface area contributed by atoms with Crippen LogP contribution in [0, 0.1) is 5.92 Å². The average Bonchev–Trinajstić information content (AvgIpc) is 3.03. The summed E-state index contributed by atoms with van der Waals surface area (Å²) in [5.41, 5.74) is 5.04. The number of para-hydroxylation sites is 1. The van der Waals surface area contributed by atoms with Gasteiger partial charge in [-0.3, -0.25) is 4.79 Å². The Morgan fingerprint density at radius 1 is 0.964 bits per heavy atom. The van der Waals surface area contributed by atoms with Gasteiger partial charge in [0.05, 0.1) is 13.2 Å². The Hall–Kier alpha value is -3.27. The van der Waals surface area contributed by atoms with E-state index in [4.69, 9.17) is 4.74 Å². The van der Waals surface area contributed by atoms with Gasteiger partial charge in [-0.25, -0.2) is 0 Å². The second-order valence-electron chi connectivity index (χ2n) is 7.53. The molecule has 0 radical (unpaired) electrons. The van der Waals surface area contributed by atoms with Gasteiger partial charge in [0.25, 0.3) is 5.91 Å². The zero-order valence-electron chi connectivity index (χ0n) is 15.8. The van der Waals surface area contributed by atoms with Crippen LogP contribution < -0.4 is 9.64 Å². The van der Waals surface area contributed by atoms with Crippen LogP contribution in [0.2, 0.25) is 0 Å². The number of anilines is 1. The molecule has 140 valence electrons. The van der Waals surface area contributed by atoms with Crippen molar-refractivity contribution < 1.29 is 14.6 Å². The quantitative estimate of drug-likeness (QED) is 0.698. The normalized spacial score (nSPS) is 22.4. The predicted octanol–water partition coefficient (Wildman–Crippen LogP) is 4.88. The van der Waals surface area contributed by atoms with Crippen molar-refractivity contribution in [3.8, 4) is 11.5 Å². The van der Waals surface area contributed by atoms with Crippen molar-refractivity contribution in [3.05, 3.63) is 89.0 Å². The van der Waals surface area contributed by atoms with Gasteiger partial charge in [-0.05, 0) is 46.9 Å². The standard InChI is InChI=1S/C24H21NO3/c1-14-22(15-11-12-20(26)21(13-15)28-2)18-9-5-6-10-19(18)25-23(14)16-7-3-4-8-17(16)24(25)27/h3-14,22-23,26H,1-2H3. The summed E-state index contributed by atoms with van der Waals surface area (Å²) < 4.78 is 5.35. The Labute approximate surface area is 164 Å². The number of carbonyl (C=O) groups excluding carboxylic acids is 1. The third kappa shape index (κ3) is 2.21. The minimum atomic E-state index is -0.0107.